The second-order valence-corrected chi connectivity index (χ2v) is 8.40. The van der Waals surface area contributed by atoms with E-state index < -0.39 is 4.92 Å². The van der Waals surface area contributed by atoms with Crippen molar-refractivity contribution in [2.24, 2.45) is 0 Å². The van der Waals surface area contributed by atoms with Gasteiger partial charge >= 0.3 is 0 Å². The number of hydrogen-bond acceptors (Lipinski definition) is 7. The molecule has 1 aromatic heterocycles. The molecule has 2 aromatic carbocycles. The summed E-state index contributed by atoms with van der Waals surface area (Å²) in [5.74, 6) is 1.55. The molecule has 0 atom stereocenters. The van der Waals surface area contributed by atoms with Gasteiger partial charge in [0.05, 0.1) is 10.7 Å². The van der Waals surface area contributed by atoms with Crippen molar-refractivity contribution in [3.8, 4) is 5.75 Å². The van der Waals surface area contributed by atoms with Gasteiger partial charge in [-0.3, -0.25) is 19.5 Å². The Kier molecular flexibility index (Phi) is 8.20. The average molecular weight is 468 g/mol. The number of carbonyl (C=O) groups excluding carboxylic acids is 1. The van der Waals surface area contributed by atoms with Crippen LogP contribution >= 0.6 is 11.8 Å². The second-order valence-electron chi connectivity index (χ2n) is 7.45. The third-order valence-corrected chi connectivity index (χ3v) is 5.66. The van der Waals surface area contributed by atoms with Gasteiger partial charge in [0.1, 0.15) is 12.4 Å². The molecule has 0 bridgehead atoms. The van der Waals surface area contributed by atoms with Gasteiger partial charge in [0.15, 0.2) is 11.0 Å². The molecule has 0 aliphatic rings. The second kappa shape index (κ2) is 11.3. The van der Waals surface area contributed by atoms with E-state index >= 15 is 0 Å². The number of carbonyl (C=O) groups is 1. The van der Waals surface area contributed by atoms with Gasteiger partial charge in [0.2, 0.25) is 5.91 Å². The maximum atomic E-state index is 12.3. The van der Waals surface area contributed by atoms with E-state index in [1.165, 1.54) is 35.5 Å². The molecular formula is C23H25N5O4S. The molecule has 9 nitrogen and oxygen atoms in total. The molecule has 172 valence electrons. The number of anilines is 1. The minimum absolute atomic E-state index is 0.0650. The van der Waals surface area contributed by atoms with Crippen molar-refractivity contribution < 1.29 is 14.5 Å². The highest BCUT2D eigenvalue weighted by Gasteiger charge is 2.15. The van der Waals surface area contributed by atoms with Crippen LogP contribution in [0.15, 0.2) is 66.3 Å². The number of nitro groups is 1. The minimum atomic E-state index is -0.509. The van der Waals surface area contributed by atoms with E-state index in [9.17, 15) is 14.9 Å². The molecule has 1 amide bonds. The van der Waals surface area contributed by atoms with Gasteiger partial charge in [-0.25, -0.2) is 0 Å². The van der Waals surface area contributed by atoms with Crippen molar-refractivity contribution >= 4 is 29.0 Å². The van der Waals surface area contributed by atoms with E-state index in [1.807, 2.05) is 28.8 Å². The molecule has 1 N–H and O–H groups in total. The Hall–Kier alpha value is -3.66. The maximum absolute atomic E-state index is 12.3. The molecule has 3 rings (SSSR count). The number of non-ortho nitro benzene ring substituents is 1. The summed E-state index contributed by atoms with van der Waals surface area (Å²) < 4.78 is 7.70. The quantitative estimate of drug-likeness (QED) is 0.186. The number of aromatic nitrogens is 3. The van der Waals surface area contributed by atoms with E-state index in [1.54, 1.807) is 12.1 Å². The van der Waals surface area contributed by atoms with E-state index in [2.05, 4.69) is 35.9 Å². The standard InChI is InChI=1S/C23H25N5O4S/c1-4-12-27-21(14-32-20-10-8-17(9-11-20)16(2)3)25-26-23(27)33-15-22(29)24-18-6-5-7-19(13-18)28(30)31/h4-11,13,16H,1,12,14-15H2,2-3H3,(H,24,29). The monoisotopic (exact) mass is 467 g/mol. The summed E-state index contributed by atoms with van der Waals surface area (Å²) in [7, 11) is 0. The molecule has 0 radical (unpaired) electrons. The molecule has 0 aliphatic carbocycles. The molecule has 0 saturated carbocycles. The van der Waals surface area contributed by atoms with Crippen molar-refractivity contribution in [2.75, 3.05) is 11.1 Å². The number of allylic oxidation sites excluding steroid dienone is 1. The highest BCUT2D eigenvalue weighted by molar-refractivity contribution is 7.99. The van der Waals surface area contributed by atoms with E-state index in [4.69, 9.17) is 4.74 Å². The van der Waals surface area contributed by atoms with Crippen LogP contribution in [0, 0.1) is 10.1 Å². The Morgan fingerprint density at radius 1 is 1.27 bits per heavy atom. The third kappa shape index (κ3) is 6.66. The highest BCUT2D eigenvalue weighted by Crippen LogP contribution is 2.22. The fourth-order valence-electron chi connectivity index (χ4n) is 2.97. The summed E-state index contributed by atoms with van der Waals surface area (Å²) in [4.78, 5) is 22.7. The molecule has 33 heavy (non-hydrogen) atoms. The van der Waals surface area contributed by atoms with Crippen LogP contribution in [0.2, 0.25) is 0 Å². The smallest absolute Gasteiger partial charge is 0.271 e. The lowest BCUT2D eigenvalue weighted by Gasteiger charge is -2.10. The largest absolute Gasteiger partial charge is 0.486 e. The fraction of sp³-hybridized carbons (Fsp3) is 0.261. The Balaban J connectivity index is 1.60. The number of hydrogen-bond donors (Lipinski definition) is 1. The number of ether oxygens (including phenoxy) is 1. The molecule has 3 aromatic rings. The van der Waals surface area contributed by atoms with Crippen molar-refractivity contribution in [3.63, 3.8) is 0 Å². The summed E-state index contributed by atoms with van der Waals surface area (Å²) in [5, 5.41) is 22.5. The van der Waals surface area contributed by atoms with Crippen LogP contribution < -0.4 is 10.1 Å². The van der Waals surface area contributed by atoms with Crippen LogP contribution in [0.5, 0.6) is 5.75 Å². The number of nitrogens with one attached hydrogen (secondary N) is 1. The Labute approximate surface area is 196 Å². The summed E-state index contributed by atoms with van der Waals surface area (Å²) in [6, 6.07) is 13.7. The molecule has 0 saturated heterocycles. The van der Waals surface area contributed by atoms with Gasteiger partial charge in [-0.2, -0.15) is 0 Å². The van der Waals surface area contributed by atoms with Crippen LogP contribution in [0.3, 0.4) is 0 Å². The minimum Gasteiger partial charge on any atom is -0.486 e. The summed E-state index contributed by atoms with van der Waals surface area (Å²) in [5.41, 5.74) is 1.51. The predicted octanol–water partition coefficient (Wildman–Crippen LogP) is 4.81. The molecule has 1 heterocycles. The molecule has 0 unspecified atom stereocenters. The lowest BCUT2D eigenvalue weighted by molar-refractivity contribution is -0.384. The molecule has 0 aliphatic heterocycles. The van der Waals surface area contributed by atoms with Gasteiger partial charge in [0.25, 0.3) is 5.69 Å². The van der Waals surface area contributed by atoms with Crippen LogP contribution in [-0.4, -0.2) is 31.3 Å². The van der Waals surface area contributed by atoms with Crippen molar-refractivity contribution in [1.82, 2.24) is 14.8 Å². The first-order valence-corrected chi connectivity index (χ1v) is 11.3. The zero-order valence-corrected chi connectivity index (χ0v) is 19.2. The fourth-order valence-corrected chi connectivity index (χ4v) is 3.73. The SMILES string of the molecule is C=CCn1c(COc2ccc(C(C)C)cc2)nnc1SCC(=O)Nc1cccc([N+](=O)[O-])c1. The zero-order chi connectivity index (χ0) is 23.8. The number of nitro benzene ring substituents is 1. The van der Waals surface area contributed by atoms with Crippen LogP contribution in [0.25, 0.3) is 0 Å². The molecule has 0 spiro atoms. The number of thioether (sulfide) groups is 1. The van der Waals surface area contributed by atoms with E-state index in [-0.39, 0.29) is 24.0 Å². The number of amides is 1. The van der Waals surface area contributed by atoms with Crippen LogP contribution in [-0.2, 0) is 17.9 Å². The van der Waals surface area contributed by atoms with E-state index in [0.717, 1.165) is 5.75 Å². The molecule has 10 heteroatoms. The van der Waals surface area contributed by atoms with Gasteiger partial charge in [-0.05, 0) is 29.7 Å². The summed E-state index contributed by atoms with van der Waals surface area (Å²) in [6.07, 6.45) is 1.72. The molecule has 0 fully saturated rings. The van der Waals surface area contributed by atoms with E-state index in [0.29, 0.717) is 29.1 Å². The Bertz CT molecular complexity index is 1130. The number of rotatable bonds is 11. The topological polar surface area (TPSA) is 112 Å². The van der Waals surface area contributed by atoms with Crippen LogP contribution in [0.4, 0.5) is 11.4 Å². The predicted molar refractivity (Wildman–Crippen MR) is 128 cm³/mol. The highest BCUT2D eigenvalue weighted by atomic mass is 32.2. The summed E-state index contributed by atoms with van der Waals surface area (Å²) >= 11 is 1.21. The van der Waals surface area contributed by atoms with Crippen molar-refractivity contribution in [2.45, 2.75) is 38.1 Å². The third-order valence-electron chi connectivity index (χ3n) is 4.69. The zero-order valence-electron chi connectivity index (χ0n) is 18.4. The van der Waals surface area contributed by atoms with Crippen LogP contribution in [0.1, 0.15) is 31.2 Å². The van der Waals surface area contributed by atoms with Gasteiger partial charge < -0.3 is 10.1 Å². The van der Waals surface area contributed by atoms with Crippen molar-refractivity contribution in [3.05, 3.63) is 82.7 Å². The maximum Gasteiger partial charge on any atom is 0.271 e. The lowest BCUT2D eigenvalue weighted by atomic mass is 10.0. The average Bonchev–Trinajstić information content (AvgIpc) is 3.18. The van der Waals surface area contributed by atoms with Gasteiger partial charge in [-0.15, -0.1) is 16.8 Å². The van der Waals surface area contributed by atoms with Gasteiger partial charge in [-0.1, -0.05) is 49.9 Å². The molecular weight excluding hydrogens is 442 g/mol. The lowest BCUT2D eigenvalue weighted by Crippen LogP contribution is -2.15. The Morgan fingerprint density at radius 2 is 2.03 bits per heavy atom. The summed E-state index contributed by atoms with van der Waals surface area (Å²) in [6.45, 7) is 8.74. The normalized spacial score (nSPS) is 10.8. The Morgan fingerprint density at radius 3 is 2.70 bits per heavy atom. The number of nitrogens with zero attached hydrogens (tertiary/aromatic N) is 4. The first-order valence-electron chi connectivity index (χ1n) is 10.3. The van der Waals surface area contributed by atoms with Gasteiger partial charge in [0, 0.05) is 24.4 Å². The van der Waals surface area contributed by atoms with Crippen molar-refractivity contribution in [1.29, 1.82) is 0 Å². The first-order chi connectivity index (χ1) is 15.9. The first kappa shape index (κ1) is 24.0. The number of benzene rings is 2.